The van der Waals surface area contributed by atoms with Crippen molar-refractivity contribution >= 4 is 5.91 Å². The van der Waals surface area contributed by atoms with Crippen LogP contribution in [0.4, 0.5) is 0 Å². The molecule has 1 aromatic carbocycles. The molecule has 0 aliphatic heterocycles. The Morgan fingerprint density at radius 2 is 2.21 bits per heavy atom. The molecule has 1 fully saturated rings. The van der Waals surface area contributed by atoms with E-state index in [1.807, 2.05) is 31.2 Å². The van der Waals surface area contributed by atoms with E-state index in [-0.39, 0.29) is 11.9 Å². The van der Waals surface area contributed by atoms with Crippen molar-refractivity contribution in [3.8, 4) is 5.75 Å². The number of ether oxygens (including phenoxy) is 1. The molecule has 0 spiro atoms. The van der Waals surface area contributed by atoms with Gasteiger partial charge in [-0.15, -0.1) is 0 Å². The Morgan fingerprint density at radius 3 is 2.89 bits per heavy atom. The average molecular weight is 262 g/mol. The highest BCUT2D eigenvalue weighted by Gasteiger charge is 2.22. The van der Waals surface area contributed by atoms with Crippen molar-refractivity contribution in [3.05, 3.63) is 29.8 Å². The highest BCUT2D eigenvalue weighted by atomic mass is 16.5. The Balaban J connectivity index is 1.82. The Kier molecular flexibility index (Phi) is 4.80. The quantitative estimate of drug-likeness (QED) is 0.791. The predicted molar refractivity (Wildman–Crippen MR) is 74.9 cm³/mol. The van der Waals surface area contributed by atoms with Crippen LogP contribution in [-0.4, -0.2) is 18.6 Å². The second-order valence-electron chi connectivity index (χ2n) is 4.99. The van der Waals surface area contributed by atoms with Crippen LogP contribution in [-0.2, 0) is 4.79 Å². The van der Waals surface area contributed by atoms with Crippen molar-refractivity contribution in [3.63, 3.8) is 0 Å². The number of nitrogens with two attached hydrogens (primary N) is 1. The number of hydrogen-bond acceptors (Lipinski definition) is 3. The van der Waals surface area contributed by atoms with E-state index >= 15 is 0 Å². The van der Waals surface area contributed by atoms with Gasteiger partial charge in [-0.25, -0.2) is 0 Å². The summed E-state index contributed by atoms with van der Waals surface area (Å²) in [5.41, 5.74) is 7.05. The summed E-state index contributed by atoms with van der Waals surface area (Å²) in [5, 5.41) is 2.95. The minimum Gasteiger partial charge on any atom is -0.493 e. The highest BCUT2D eigenvalue weighted by molar-refractivity contribution is 5.76. The third-order valence-corrected chi connectivity index (χ3v) is 3.29. The smallest absolute Gasteiger partial charge is 0.223 e. The molecule has 0 heterocycles. The fourth-order valence-electron chi connectivity index (χ4n) is 1.92. The van der Waals surface area contributed by atoms with Crippen molar-refractivity contribution < 1.29 is 9.53 Å². The average Bonchev–Trinajstić information content (AvgIpc) is 3.22. The van der Waals surface area contributed by atoms with Crippen molar-refractivity contribution in [1.82, 2.24) is 5.32 Å². The molecule has 3 N–H and O–H groups in total. The molecule has 1 aliphatic carbocycles. The van der Waals surface area contributed by atoms with E-state index in [9.17, 15) is 4.79 Å². The van der Waals surface area contributed by atoms with E-state index in [0.717, 1.165) is 30.6 Å². The fourth-order valence-corrected chi connectivity index (χ4v) is 1.92. The minimum absolute atomic E-state index is 0.0171. The van der Waals surface area contributed by atoms with Gasteiger partial charge in [-0.3, -0.25) is 4.79 Å². The summed E-state index contributed by atoms with van der Waals surface area (Å²) in [6.45, 7) is 2.44. The first-order chi connectivity index (χ1) is 9.20. The van der Waals surface area contributed by atoms with Gasteiger partial charge in [-0.05, 0) is 25.3 Å². The van der Waals surface area contributed by atoms with Gasteiger partial charge < -0.3 is 15.8 Å². The van der Waals surface area contributed by atoms with Gasteiger partial charge in [0, 0.05) is 17.6 Å². The molecule has 0 unspecified atom stereocenters. The molecule has 0 radical (unpaired) electrons. The van der Waals surface area contributed by atoms with Gasteiger partial charge in [0.1, 0.15) is 5.75 Å². The van der Waals surface area contributed by atoms with Gasteiger partial charge in [0.25, 0.3) is 0 Å². The molecule has 0 aromatic heterocycles. The standard InChI is InChI=1S/C15H22N2O2/c1-2-13(16)12-5-3-4-6-14(12)19-10-9-15(18)17-11-7-8-11/h3-6,11,13H,2,7-10,16H2,1H3,(H,17,18)/t13-/m1/s1. The number of amides is 1. The van der Waals surface area contributed by atoms with Gasteiger partial charge in [-0.1, -0.05) is 25.1 Å². The van der Waals surface area contributed by atoms with Gasteiger partial charge in [-0.2, -0.15) is 0 Å². The van der Waals surface area contributed by atoms with Gasteiger partial charge >= 0.3 is 0 Å². The molecule has 4 nitrogen and oxygen atoms in total. The Labute approximate surface area is 114 Å². The molecule has 1 aromatic rings. The lowest BCUT2D eigenvalue weighted by Gasteiger charge is -2.15. The van der Waals surface area contributed by atoms with Crippen molar-refractivity contribution in [1.29, 1.82) is 0 Å². The summed E-state index contributed by atoms with van der Waals surface area (Å²) < 4.78 is 5.69. The number of para-hydroxylation sites is 1. The molecule has 4 heteroatoms. The lowest BCUT2D eigenvalue weighted by atomic mass is 10.0. The largest absolute Gasteiger partial charge is 0.493 e. The van der Waals surface area contributed by atoms with Crippen molar-refractivity contribution in [2.24, 2.45) is 5.73 Å². The predicted octanol–water partition coefficient (Wildman–Crippen LogP) is 2.14. The summed E-state index contributed by atoms with van der Waals surface area (Å²) in [6.07, 6.45) is 3.48. The van der Waals surface area contributed by atoms with Crippen LogP contribution in [0, 0.1) is 0 Å². The number of rotatable bonds is 7. The molecule has 1 amide bonds. The van der Waals surface area contributed by atoms with E-state index < -0.39 is 0 Å². The first kappa shape index (κ1) is 13.9. The maximum atomic E-state index is 11.5. The molecule has 0 bridgehead atoms. The molecule has 1 atom stereocenters. The topological polar surface area (TPSA) is 64.3 Å². The van der Waals surface area contributed by atoms with Crippen molar-refractivity contribution in [2.45, 2.75) is 44.7 Å². The second-order valence-corrected chi connectivity index (χ2v) is 4.99. The van der Waals surface area contributed by atoms with Crippen molar-refractivity contribution in [2.75, 3.05) is 6.61 Å². The van der Waals surface area contributed by atoms with Gasteiger partial charge in [0.15, 0.2) is 0 Å². The first-order valence-electron chi connectivity index (χ1n) is 6.97. The van der Waals surface area contributed by atoms with Crippen LogP contribution in [0.2, 0.25) is 0 Å². The first-order valence-corrected chi connectivity index (χ1v) is 6.97. The highest BCUT2D eigenvalue weighted by Crippen LogP contribution is 2.25. The maximum Gasteiger partial charge on any atom is 0.223 e. The zero-order valence-corrected chi connectivity index (χ0v) is 11.4. The SMILES string of the molecule is CC[C@@H](N)c1ccccc1OCCC(=O)NC1CC1. The summed E-state index contributed by atoms with van der Waals surface area (Å²) in [6, 6.07) is 8.16. The Hall–Kier alpha value is -1.55. The summed E-state index contributed by atoms with van der Waals surface area (Å²) in [7, 11) is 0. The molecule has 1 saturated carbocycles. The Bertz CT molecular complexity index is 430. The summed E-state index contributed by atoms with van der Waals surface area (Å²) in [4.78, 5) is 11.5. The van der Waals surface area contributed by atoms with Crippen LogP contribution in [0.3, 0.4) is 0 Å². The van der Waals surface area contributed by atoms with Crippen LogP contribution in [0.25, 0.3) is 0 Å². The number of nitrogens with one attached hydrogen (secondary N) is 1. The Morgan fingerprint density at radius 1 is 1.47 bits per heavy atom. The van der Waals surface area contributed by atoms with Crippen LogP contribution < -0.4 is 15.8 Å². The molecular formula is C15H22N2O2. The van der Waals surface area contributed by atoms with E-state index in [4.69, 9.17) is 10.5 Å². The van der Waals surface area contributed by atoms with E-state index in [1.54, 1.807) is 0 Å². The zero-order chi connectivity index (χ0) is 13.7. The normalized spacial score (nSPS) is 15.9. The van der Waals surface area contributed by atoms with E-state index in [0.29, 0.717) is 19.1 Å². The molecular weight excluding hydrogens is 240 g/mol. The number of benzene rings is 1. The fraction of sp³-hybridized carbons (Fsp3) is 0.533. The minimum atomic E-state index is -0.0171. The molecule has 2 rings (SSSR count). The number of carbonyl (C=O) groups is 1. The molecule has 1 aliphatic rings. The lowest BCUT2D eigenvalue weighted by Crippen LogP contribution is -2.26. The van der Waals surface area contributed by atoms with Crippen LogP contribution >= 0.6 is 0 Å². The third-order valence-electron chi connectivity index (χ3n) is 3.29. The maximum absolute atomic E-state index is 11.5. The van der Waals surface area contributed by atoms with Crippen LogP contribution in [0.1, 0.15) is 44.2 Å². The van der Waals surface area contributed by atoms with Gasteiger partial charge in [0.2, 0.25) is 5.91 Å². The molecule has 0 saturated heterocycles. The van der Waals surface area contributed by atoms with E-state index in [1.165, 1.54) is 0 Å². The lowest BCUT2D eigenvalue weighted by molar-refractivity contribution is -0.121. The number of carbonyl (C=O) groups excluding carboxylic acids is 1. The van der Waals surface area contributed by atoms with E-state index in [2.05, 4.69) is 5.32 Å². The third kappa shape index (κ3) is 4.24. The van der Waals surface area contributed by atoms with Crippen LogP contribution in [0.5, 0.6) is 5.75 Å². The second kappa shape index (κ2) is 6.57. The zero-order valence-electron chi connectivity index (χ0n) is 11.4. The number of hydrogen-bond donors (Lipinski definition) is 2. The molecule has 104 valence electrons. The summed E-state index contributed by atoms with van der Waals surface area (Å²) in [5.74, 6) is 0.857. The van der Waals surface area contributed by atoms with Gasteiger partial charge in [0.05, 0.1) is 13.0 Å². The molecule has 19 heavy (non-hydrogen) atoms. The van der Waals surface area contributed by atoms with Crippen LogP contribution in [0.15, 0.2) is 24.3 Å². The summed E-state index contributed by atoms with van der Waals surface area (Å²) >= 11 is 0. The monoisotopic (exact) mass is 262 g/mol.